The van der Waals surface area contributed by atoms with Crippen molar-refractivity contribution in [2.24, 2.45) is 0 Å². The number of sulfonamides is 1. The molecule has 0 saturated carbocycles. The number of thiophene rings is 1. The number of aromatic nitrogens is 1. The minimum Gasteiger partial charge on any atom is -0.368 e. The van der Waals surface area contributed by atoms with Crippen molar-refractivity contribution in [3.05, 3.63) is 66.2 Å². The van der Waals surface area contributed by atoms with Crippen molar-refractivity contribution < 1.29 is 8.42 Å². The lowest BCUT2D eigenvalue weighted by atomic mass is 10.1. The average Bonchev–Trinajstić information content (AvgIpc) is 3.57. The first kappa shape index (κ1) is 22.9. The van der Waals surface area contributed by atoms with Crippen molar-refractivity contribution in [2.75, 3.05) is 44.2 Å². The molecule has 2 aliphatic rings. The Balaban J connectivity index is 1.11. The van der Waals surface area contributed by atoms with Crippen LogP contribution in [0.3, 0.4) is 0 Å². The van der Waals surface area contributed by atoms with Crippen molar-refractivity contribution in [3.63, 3.8) is 0 Å². The number of rotatable bonds is 6. The molecule has 0 N–H and O–H groups in total. The first-order chi connectivity index (χ1) is 17.1. The van der Waals surface area contributed by atoms with Crippen molar-refractivity contribution >= 4 is 48.0 Å². The minimum absolute atomic E-state index is 0.0597. The molecule has 1 atom stereocenters. The van der Waals surface area contributed by atoms with Crippen molar-refractivity contribution in [1.29, 1.82) is 0 Å². The number of piperazine rings is 1. The summed E-state index contributed by atoms with van der Waals surface area (Å²) < 4.78 is 30.4. The maximum atomic E-state index is 13.7. The quantitative estimate of drug-likeness (QED) is 0.376. The summed E-state index contributed by atoms with van der Waals surface area (Å²) in [6.07, 6.45) is 4.34. The SMILES string of the molecule is O=S(=O)(c1ccnc2ccccc12)N1CCC[C@@H]1CCN1CCN(c2cccc3sccc23)CC1. The Hall–Kier alpha value is -2.52. The molecule has 2 saturated heterocycles. The van der Waals surface area contributed by atoms with E-state index in [1.54, 1.807) is 27.9 Å². The number of hydrogen-bond donors (Lipinski definition) is 0. The van der Waals surface area contributed by atoms with E-state index in [0.717, 1.165) is 57.5 Å². The van der Waals surface area contributed by atoms with E-state index in [4.69, 9.17) is 0 Å². The van der Waals surface area contributed by atoms with Crippen LogP contribution in [0, 0.1) is 0 Å². The van der Waals surface area contributed by atoms with Gasteiger partial charge in [0.15, 0.2) is 0 Å². The lowest BCUT2D eigenvalue weighted by molar-refractivity contribution is 0.232. The topological polar surface area (TPSA) is 56.8 Å². The van der Waals surface area contributed by atoms with Crippen LogP contribution < -0.4 is 4.90 Å². The molecule has 0 bridgehead atoms. The van der Waals surface area contributed by atoms with E-state index in [2.05, 4.69) is 44.4 Å². The highest BCUT2D eigenvalue weighted by Gasteiger charge is 2.36. The van der Waals surface area contributed by atoms with E-state index in [-0.39, 0.29) is 6.04 Å². The van der Waals surface area contributed by atoms with Gasteiger partial charge in [0.05, 0.1) is 10.4 Å². The second-order valence-corrected chi connectivity index (χ2v) is 12.3. The number of para-hydroxylation sites is 1. The molecule has 182 valence electrons. The molecule has 35 heavy (non-hydrogen) atoms. The Bertz CT molecular complexity index is 1440. The summed E-state index contributed by atoms with van der Waals surface area (Å²) in [7, 11) is -3.56. The molecule has 2 aromatic carbocycles. The zero-order chi connectivity index (χ0) is 23.8. The van der Waals surface area contributed by atoms with E-state index in [1.807, 2.05) is 24.3 Å². The first-order valence-corrected chi connectivity index (χ1v) is 14.7. The largest absolute Gasteiger partial charge is 0.368 e. The Morgan fingerprint density at radius 2 is 1.77 bits per heavy atom. The molecular formula is C27H30N4O2S2. The van der Waals surface area contributed by atoms with Crippen LogP contribution in [0.4, 0.5) is 5.69 Å². The molecule has 6 rings (SSSR count). The molecule has 4 aromatic rings. The Morgan fingerprint density at radius 1 is 0.914 bits per heavy atom. The monoisotopic (exact) mass is 506 g/mol. The van der Waals surface area contributed by atoms with Crippen LogP contribution in [0.5, 0.6) is 0 Å². The van der Waals surface area contributed by atoms with E-state index < -0.39 is 10.0 Å². The third-order valence-corrected chi connectivity index (χ3v) is 10.4. The van der Waals surface area contributed by atoms with Gasteiger partial charge in [-0.3, -0.25) is 9.88 Å². The summed E-state index contributed by atoms with van der Waals surface area (Å²) in [6, 6.07) is 18.0. The van der Waals surface area contributed by atoms with Gasteiger partial charge in [-0.1, -0.05) is 24.3 Å². The fourth-order valence-corrected chi connectivity index (χ4v) is 8.35. The molecule has 0 aliphatic carbocycles. The lowest BCUT2D eigenvalue weighted by Crippen LogP contribution is -2.47. The van der Waals surface area contributed by atoms with Crippen molar-refractivity contribution in [3.8, 4) is 0 Å². The van der Waals surface area contributed by atoms with E-state index >= 15 is 0 Å². The normalized spacial score (nSPS) is 20.2. The molecule has 2 fully saturated rings. The Morgan fingerprint density at radius 3 is 2.66 bits per heavy atom. The number of benzene rings is 2. The minimum atomic E-state index is -3.56. The average molecular weight is 507 g/mol. The van der Waals surface area contributed by atoms with Crippen LogP contribution in [-0.2, 0) is 10.0 Å². The molecule has 0 unspecified atom stereocenters. The predicted molar refractivity (Wildman–Crippen MR) is 144 cm³/mol. The zero-order valence-corrected chi connectivity index (χ0v) is 21.3. The Kier molecular flexibility index (Phi) is 6.22. The number of pyridine rings is 1. The maximum absolute atomic E-state index is 13.7. The third kappa shape index (κ3) is 4.33. The molecule has 2 aliphatic heterocycles. The van der Waals surface area contributed by atoms with Crippen LogP contribution in [0.15, 0.2) is 71.1 Å². The van der Waals surface area contributed by atoms with Crippen LogP contribution in [0.25, 0.3) is 21.0 Å². The van der Waals surface area contributed by atoms with Crippen LogP contribution >= 0.6 is 11.3 Å². The second kappa shape index (κ2) is 9.50. The fraction of sp³-hybridized carbons (Fsp3) is 0.370. The van der Waals surface area contributed by atoms with Gasteiger partial charge < -0.3 is 4.90 Å². The molecule has 0 spiro atoms. The van der Waals surface area contributed by atoms with Crippen molar-refractivity contribution in [2.45, 2.75) is 30.2 Å². The standard InChI is InChI=1S/C27H30N4O2S2/c32-35(33,27-10-13-28-24-7-2-1-6-22(24)27)31-14-4-5-21(31)11-15-29-16-18-30(19-17-29)25-8-3-9-26-23(25)12-20-34-26/h1-3,6-10,12-13,20-21H,4-5,11,14-19H2/t21-/m1/s1. The van der Waals surface area contributed by atoms with E-state index in [0.29, 0.717) is 16.8 Å². The van der Waals surface area contributed by atoms with Crippen molar-refractivity contribution in [1.82, 2.24) is 14.2 Å². The smallest absolute Gasteiger partial charge is 0.244 e. The lowest BCUT2D eigenvalue weighted by Gasteiger charge is -2.37. The molecule has 0 amide bonds. The number of fused-ring (bicyclic) bond motifs is 2. The van der Waals surface area contributed by atoms with Crippen LogP contribution in [0.2, 0.25) is 0 Å². The van der Waals surface area contributed by atoms with Gasteiger partial charge in [0.2, 0.25) is 10.0 Å². The fourth-order valence-electron chi connectivity index (χ4n) is 5.63. The molecular weight excluding hydrogens is 476 g/mol. The van der Waals surface area contributed by atoms with Crippen LogP contribution in [0.1, 0.15) is 19.3 Å². The molecule has 2 aromatic heterocycles. The van der Waals surface area contributed by atoms with Gasteiger partial charge in [0, 0.05) is 66.1 Å². The van der Waals surface area contributed by atoms with Gasteiger partial charge in [-0.15, -0.1) is 11.3 Å². The maximum Gasteiger partial charge on any atom is 0.244 e. The summed E-state index contributed by atoms with van der Waals surface area (Å²) in [5.41, 5.74) is 2.06. The first-order valence-electron chi connectivity index (χ1n) is 12.4. The second-order valence-electron chi connectivity index (χ2n) is 9.46. The summed E-state index contributed by atoms with van der Waals surface area (Å²) >= 11 is 1.79. The highest BCUT2D eigenvalue weighted by Crippen LogP contribution is 2.33. The highest BCUT2D eigenvalue weighted by molar-refractivity contribution is 7.89. The molecule has 4 heterocycles. The summed E-state index contributed by atoms with van der Waals surface area (Å²) in [5.74, 6) is 0. The Labute approximate surface area is 210 Å². The van der Waals surface area contributed by atoms with Crippen LogP contribution in [-0.4, -0.2) is 67.9 Å². The summed E-state index contributed by atoms with van der Waals surface area (Å²) in [5, 5.41) is 4.22. The number of hydrogen-bond acceptors (Lipinski definition) is 6. The van der Waals surface area contributed by atoms with Gasteiger partial charge in [-0.25, -0.2) is 8.42 Å². The van der Waals surface area contributed by atoms with E-state index in [9.17, 15) is 8.42 Å². The van der Waals surface area contributed by atoms with Gasteiger partial charge in [0.1, 0.15) is 0 Å². The summed E-state index contributed by atoms with van der Waals surface area (Å²) in [6.45, 7) is 5.56. The number of anilines is 1. The third-order valence-electron chi connectivity index (χ3n) is 7.48. The van der Waals surface area contributed by atoms with Gasteiger partial charge in [0.25, 0.3) is 0 Å². The van der Waals surface area contributed by atoms with Gasteiger partial charge in [-0.2, -0.15) is 4.31 Å². The summed E-state index contributed by atoms with van der Waals surface area (Å²) in [4.78, 5) is 9.72. The predicted octanol–water partition coefficient (Wildman–Crippen LogP) is 4.81. The van der Waals surface area contributed by atoms with Gasteiger partial charge in [-0.05, 0) is 61.5 Å². The molecule has 6 nitrogen and oxygen atoms in total. The van der Waals surface area contributed by atoms with E-state index in [1.165, 1.54) is 15.8 Å². The van der Waals surface area contributed by atoms with Gasteiger partial charge >= 0.3 is 0 Å². The molecule has 0 radical (unpaired) electrons. The molecule has 8 heteroatoms. The highest BCUT2D eigenvalue weighted by atomic mass is 32.2. The zero-order valence-electron chi connectivity index (χ0n) is 19.7. The number of nitrogens with zero attached hydrogens (tertiary/aromatic N) is 4.